The van der Waals surface area contributed by atoms with Gasteiger partial charge in [0.15, 0.2) is 0 Å². The minimum absolute atomic E-state index is 0.0371. The van der Waals surface area contributed by atoms with Gasteiger partial charge in [-0.25, -0.2) is 4.79 Å². The lowest BCUT2D eigenvalue weighted by Crippen LogP contribution is -2.49. The first-order chi connectivity index (χ1) is 15.5. The van der Waals surface area contributed by atoms with Crippen LogP contribution in [0.2, 0.25) is 0 Å². The Balaban J connectivity index is 1.51. The second-order valence-electron chi connectivity index (χ2n) is 9.11. The van der Waals surface area contributed by atoms with Gasteiger partial charge >= 0.3 is 6.03 Å². The van der Waals surface area contributed by atoms with Gasteiger partial charge in [0, 0.05) is 31.2 Å². The third kappa shape index (κ3) is 4.74. The molecule has 0 spiro atoms. The van der Waals surface area contributed by atoms with Crippen molar-refractivity contribution in [3.05, 3.63) is 53.6 Å². The average molecular weight is 436 g/mol. The molecule has 1 saturated heterocycles. The molecular formula is C26H33N3O3. The second-order valence-corrected chi connectivity index (χ2v) is 9.11. The van der Waals surface area contributed by atoms with Crippen LogP contribution in [0.1, 0.15) is 56.6 Å². The Morgan fingerprint density at radius 2 is 1.84 bits per heavy atom. The van der Waals surface area contributed by atoms with E-state index in [9.17, 15) is 9.59 Å². The van der Waals surface area contributed by atoms with E-state index in [0.717, 1.165) is 37.8 Å². The minimum atomic E-state index is -0.0371. The lowest BCUT2D eigenvalue weighted by atomic mass is 9.85. The summed E-state index contributed by atoms with van der Waals surface area (Å²) in [5.41, 5.74) is 3.82. The van der Waals surface area contributed by atoms with E-state index in [1.54, 1.807) is 12.0 Å². The van der Waals surface area contributed by atoms with Gasteiger partial charge in [-0.2, -0.15) is 0 Å². The highest BCUT2D eigenvalue weighted by molar-refractivity contribution is 5.97. The summed E-state index contributed by atoms with van der Waals surface area (Å²) < 4.78 is 5.55. The predicted molar refractivity (Wildman–Crippen MR) is 127 cm³/mol. The molecule has 2 aliphatic rings. The highest BCUT2D eigenvalue weighted by atomic mass is 16.5. The summed E-state index contributed by atoms with van der Waals surface area (Å²) in [6.45, 7) is 6.28. The number of benzene rings is 2. The Morgan fingerprint density at radius 1 is 1.09 bits per heavy atom. The monoisotopic (exact) mass is 435 g/mol. The maximum Gasteiger partial charge on any atom is 0.324 e. The van der Waals surface area contributed by atoms with Gasteiger partial charge in [-0.3, -0.25) is 9.69 Å². The van der Waals surface area contributed by atoms with E-state index in [0.29, 0.717) is 36.1 Å². The van der Waals surface area contributed by atoms with Gasteiger partial charge in [0.1, 0.15) is 5.75 Å². The van der Waals surface area contributed by atoms with E-state index in [-0.39, 0.29) is 17.9 Å². The molecular weight excluding hydrogens is 402 g/mol. The van der Waals surface area contributed by atoms with E-state index in [1.807, 2.05) is 23.1 Å². The van der Waals surface area contributed by atoms with Crippen molar-refractivity contribution in [1.29, 1.82) is 0 Å². The van der Waals surface area contributed by atoms with Gasteiger partial charge in [-0.1, -0.05) is 44.5 Å². The Bertz CT molecular complexity index is 967. The molecule has 2 fully saturated rings. The molecule has 0 unspecified atom stereocenters. The number of nitrogens with one attached hydrogen (secondary N) is 1. The predicted octanol–water partition coefficient (Wildman–Crippen LogP) is 5.39. The van der Waals surface area contributed by atoms with Crippen LogP contribution in [-0.2, 0) is 11.3 Å². The summed E-state index contributed by atoms with van der Waals surface area (Å²) >= 11 is 0. The maximum absolute atomic E-state index is 13.4. The molecule has 1 aliphatic carbocycles. The summed E-state index contributed by atoms with van der Waals surface area (Å²) in [6, 6.07) is 14.0. The standard InChI is InChI=1S/C26H33N3O3/c1-18(2)20-10-8-19(9-11-20)17-28-14-5-15-29(26(28)31)23-16-22(12-13-24(23)32-3)27-25(30)21-6-4-7-21/h8-13,16,18,21H,4-7,14-15,17H2,1-3H3,(H,27,30). The van der Waals surface area contributed by atoms with Crippen LogP contribution in [0.25, 0.3) is 0 Å². The number of hydrogen-bond acceptors (Lipinski definition) is 3. The number of amides is 3. The fourth-order valence-electron chi connectivity index (χ4n) is 4.27. The molecule has 0 aromatic heterocycles. The van der Waals surface area contributed by atoms with Gasteiger partial charge < -0.3 is 15.0 Å². The number of urea groups is 1. The van der Waals surface area contributed by atoms with Crippen molar-refractivity contribution in [3.8, 4) is 5.75 Å². The highest BCUT2D eigenvalue weighted by Gasteiger charge is 2.30. The zero-order valence-electron chi connectivity index (χ0n) is 19.3. The van der Waals surface area contributed by atoms with Crippen LogP contribution in [0, 0.1) is 5.92 Å². The van der Waals surface area contributed by atoms with E-state index in [1.165, 1.54) is 5.56 Å². The zero-order chi connectivity index (χ0) is 22.7. The number of methoxy groups -OCH3 is 1. The highest BCUT2D eigenvalue weighted by Crippen LogP contribution is 2.35. The van der Waals surface area contributed by atoms with Crippen molar-refractivity contribution >= 4 is 23.3 Å². The van der Waals surface area contributed by atoms with Gasteiger partial charge in [-0.15, -0.1) is 0 Å². The molecule has 0 radical (unpaired) electrons. The topological polar surface area (TPSA) is 61.9 Å². The Morgan fingerprint density at radius 3 is 2.47 bits per heavy atom. The van der Waals surface area contributed by atoms with E-state index in [4.69, 9.17) is 4.74 Å². The largest absolute Gasteiger partial charge is 0.495 e. The second kappa shape index (κ2) is 9.63. The maximum atomic E-state index is 13.4. The van der Waals surface area contributed by atoms with Gasteiger partial charge in [-0.05, 0) is 54.5 Å². The summed E-state index contributed by atoms with van der Waals surface area (Å²) in [5, 5.41) is 3.01. The van der Waals surface area contributed by atoms with E-state index >= 15 is 0 Å². The Kier molecular flexibility index (Phi) is 6.68. The van der Waals surface area contributed by atoms with Crippen LogP contribution in [-0.4, -0.2) is 37.0 Å². The van der Waals surface area contributed by atoms with Crippen molar-refractivity contribution in [2.24, 2.45) is 5.92 Å². The van der Waals surface area contributed by atoms with Crippen LogP contribution < -0.4 is 15.0 Å². The minimum Gasteiger partial charge on any atom is -0.495 e. The van der Waals surface area contributed by atoms with Crippen molar-refractivity contribution < 1.29 is 14.3 Å². The normalized spacial score (nSPS) is 16.8. The first-order valence-corrected chi connectivity index (χ1v) is 11.6. The lowest BCUT2D eigenvalue weighted by molar-refractivity contribution is -0.122. The van der Waals surface area contributed by atoms with Gasteiger partial charge in [0.05, 0.1) is 12.8 Å². The molecule has 1 saturated carbocycles. The summed E-state index contributed by atoms with van der Waals surface area (Å²) in [6.07, 6.45) is 3.89. The average Bonchev–Trinajstić information content (AvgIpc) is 2.74. The number of carbonyl (C=O) groups is 2. The van der Waals surface area contributed by atoms with E-state index < -0.39 is 0 Å². The Labute approximate surface area is 190 Å². The van der Waals surface area contributed by atoms with Crippen LogP contribution in [0.15, 0.2) is 42.5 Å². The number of anilines is 2. The molecule has 0 bridgehead atoms. The third-order valence-electron chi connectivity index (χ3n) is 6.54. The molecule has 2 aromatic carbocycles. The van der Waals surface area contributed by atoms with Crippen molar-refractivity contribution in [2.75, 3.05) is 30.4 Å². The van der Waals surface area contributed by atoms with Crippen LogP contribution >= 0.6 is 0 Å². The molecule has 6 nitrogen and oxygen atoms in total. The fourth-order valence-corrected chi connectivity index (χ4v) is 4.27. The molecule has 6 heteroatoms. The smallest absolute Gasteiger partial charge is 0.324 e. The van der Waals surface area contributed by atoms with Crippen LogP contribution in [0.4, 0.5) is 16.2 Å². The molecule has 1 aliphatic heterocycles. The Hall–Kier alpha value is -3.02. The van der Waals surface area contributed by atoms with Crippen molar-refractivity contribution in [1.82, 2.24) is 4.90 Å². The number of rotatable bonds is 7. The lowest BCUT2D eigenvalue weighted by Gasteiger charge is -2.36. The van der Waals surface area contributed by atoms with Crippen molar-refractivity contribution in [3.63, 3.8) is 0 Å². The molecule has 1 N–H and O–H groups in total. The zero-order valence-corrected chi connectivity index (χ0v) is 19.3. The fraction of sp³-hybridized carbons (Fsp3) is 0.462. The number of nitrogens with zero attached hydrogens (tertiary/aromatic N) is 2. The van der Waals surface area contributed by atoms with Crippen LogP contribution in [0.3, 0.4) is 0 Å². The first kappa shape index (κ1) is 22.2. The third-order valence-corrected chi connectivity index (χ3v) is 6.54. The van der Waals surface area contributed by atoms with Gasteiger partial charge in [0.2, 0.25) is 5.91 Å². The molecule has 3 amide bonds. The molecule has 4 rings (SSSR count). The molecule has 32 heavy (non-hydrogen) atoms. The first-order valence-electron chi connectivity index (χ1n) is 11.6. The molecule has 1 heterocycles. The molecule has 0 atom stereocenters. The number of ether oxygens (including phenoxy) is 1. The SMILES string of the molecule is COc1ccc(NC(=O)C2CCC2)cc1N1CCCN(Cc2ccc(C(C)C)cc2)C1=O. The van der Waals surface area contributed by atoms with Crippen LogP contribution in [0.5, 0.6) is 5.75 Å². The number of carbonyl (C=O) groups excluding carboxylic acids is 2. The van der Waals surface area contributed by atoms with Crippen molar-refractivity contribution in [2.45, 2.75) is 52.0 Å². The summed E-state index contributed by atoms with van der Waals surface area (Å²) in [4.78, 5) is 29.4. The molecule has 2 aromatic rings. The summed E-state index contributed by atoms with van der Waals surface area (Å²) in [7, 11) is 1.61. The quantitative estimate of drug-likeness (QED) is 0.634. The summed E-state index contributed by atoms with van der Waals surface area (Å²) in [5.74, 6) is 1.28. The molecule has 170 valence electrons. The van der Waals surface area contributed by atoms with E-state index in [2.05, 4.69) is 43.4 Å². The number of hydrogen-bond donors (Lipinski definition) is 1. The van der Waals surface area contributed by atoms with Gasteiger partial charge in [0.25, 0.3) is 0 Å².